The number of carbonyl (C=O) groups is 3. The summed E-state index contributed by atoms with van der Waals surface area (Å²) in [5, 5.41) is 25.9. The molecule has 5 fully saturated rings. The minimum atomic E-state index is -0.997. The largest absolute Gasteiger partial charge is 0.469 e. The lowest BCUT2D eigenvalue weighted by Gasteiger charge is -2.71. The Kier molecular flexibility index (Phi) is 9.46. The highest BCUT2D eigenvalue weighted by molar-refractivity contribution is 5.81. The number of esters is 2. The molecule has 1 amide bonds. The average Bonchev–Trinajstić information content (AvgIpc) is 3.07. The predicted molar refractivity (Wildman–Crippen MR) is 182 cm³/mol. The molecule has 48 heavy (non-hydrogen) atoms. The number of carbonyl (C=O) groups excluding carboxylic acids is 3. The van der Waals surface area contributed by atoms with E-state index in [0.29, 0.717) is 31.3 Å². The number of hydrogen-bond acceptors (Lipinski definition) is 8. The lowest BCUT2D eigenvalue weighted by atomic mass is 9.33. The van der Waals surface area contributed by atoms with Crippen LogP contribution < -0.4 is 5.32 Å². The van der Waals surface area contributed by atoms with Gasteiger partial charge in [0.1, 0.15) is 6.10 Å². The first-order valence-corrected chi connectivity index (χ1v) is 18.9. The van der Waals surface area contributed by atoms with E-state index in [2.05, 4.69) is 46.0 Å². The van der Waals surface area contributed by atoms with Crippen LogP contribution in [0.5, 0.6) is 0 Å². The molecule has 0 aromatic heterocycles. The van der Waals surface area contributed by atoms with Crippen molar-refractivity contribution in [3.05, 3.63) is 11.6 Å². The van der Waals surface area contributed by atoms with Crippen molar-refractivity contribution < 1.29 is 34.1 Å². The summed E-state index contributed by atoms with van der Waals surface area (Å²) in [5.74, 6) is 0.804. The van der Waals surface area contributed by atoms with Gasteiger partial charge in [-0.05, 0) is 97.2 Å². The number of nitrogens with zero attached hydrogens (tertiary/aromatic N) is 1. The van der Waals surface area contributed by atoms with Gasteiger partial charge in [0.15, 0.2) is 0 Å². The molecule has 0 unspecified atom stereocenters. The summed E-state index contributed by atoms with van der Waals surface area (Å²) >= 11 is 0. The van der Waals surface area contributed by atoms with Crippen LogP contribution in [-0.4, -0.2) is 85.1 Å². The monoisotopic (exact) mass is 670 g/mol. The Balaban J connectivity index is 1.29. The first-order valence-electron chi connectivity index (χ1n) is 18.9. The number of allylic oxidation sites excluding steroid dienone is 2. The Bertz CT molecular complexity index is 1310. The average molecular weight is 671 g/mol. The highest BCUT2D eigenvalue weighted by Gasteiger charge is 2.71. The molecule has 0 radical (unpaired) electrons. The van der Waals surface area contributed by atoms with Crippen molar-refractivity contribution >= 4 is 17.8 Å². The number of fused-ring (bicyclic) bond motifs is 7. The van der Waals surface area contributed by atoms with Gasteiger partial charge in [-0.3, -0.25) is 14.4 Å². The molecule has 5 aliphatic carbocycles. The topological polar surface area (TPSA) is 125 Å². The zero-order valence-electron chi connectivity index (χ0n) is 30.6. The fourth-order valence-electron chi connectivity index (χ4n) is 12.8. The van der Waals surface area contributed by atoms with E-state index in [1.807, 2.05) is 6.92 Å². The van der Waals surface area contributed by atoms with Gasteiger partial charge < -0.3 is 29.9 Å². The van der Waals surface area contributed by atoms with E-state index in [1.165, 1.54) is 5.57 Å². The minimum Gasteiger partial charge on any atom is -0.469 e. The maximum atomic E-state index is 13.6. The second kappa shape index (κ2) is 12.7. The molecular formula is C39H62N2O7. The van der Waals surface area contributed by atoms with Crippen LogP contribution in [0.25, 0.3) is 0 Å². The number of piperazine rings is 1. The number of ether oxygens (including phenoxy) is 2. The van der Waals surface area contributed by atoms with Crippen molar-refractivity contribution in [2.45, 2.75) is 118 Å². The molecule has 1 saturated heterocycles. The third-order valence-corrected chi connectivity index (χ3v) is 15.9. The number of hydrogen-bond donors (Lipinski definition) is 3. The third-order valence-electron chi connectivity index (χ3n) is 15.9. The summed E-state index contributed by atoms with van der Waals surface area (Å²) in [7, 11) is 1.54. The summed E-state index contributed by atoms with van der Waals surface area (Å²) in [6.45, 7) is 16.5. The minimum absolute atomic E-state index is 0.0206. The maximum absolute atomic E-state index is 13.6. The van der Waals surface area contributed by atoms with Crippen molar-refractivity contribution in [2.75, 3.05) is 39.9 Å². The fourth-order valence-corrected chi connectivity index (χ4v) is 12.8. The summed E-state index contributed by atoms with van der Waals surface area (Å²) < 4.78 is 11.6. The van der Waals surface area contributed by atoms with Crippen molar-refractivity contribution in [3.63, 3.8) is 0 Å². The Morgan fingerprint density at radius 1 is 0.979 bits per heavy atom. The molecule has 0 bridgehead atoms. The first kappa shape index (κ1) is 35.8. The van der Waals surface area contributed by atoms with E-state index in [-0.39, 0.29) is 65.3 Å². The van der Waals surface area contributed by atoms with Gasteiger partial charge in [0, 0.05) is 38.0 Å². The molecule has 12 atom stereocenters. The predicted octanol–water partition coefficient (Wildman–Crippen LogP) is 4.88. The Labute approximate surface area is 287 Å². The number of rotatable bonds is 6. The van der Waals surface area contributed by atoms with Crippen LogP contribution in [-0.2, 0) is 23.9 Å². The third kappa shape index (κ3) is 5.13. The second-order valence-corrected chi connectivity index (χ2v) is 17.8. The Hall–Kier alpha value is -1.97. The van der Waals surface area contributed by atoms with Gasteiger partial charge >= 0.3 is 11.9 Å². The van der Waals surface area contributed by atoms with Crippen LogP contribution in [0.2, 0.25) is 0 Å². The Morgan fingerprint density at radius 3 is 2.35 bits per heavy atom. The van der Waals surface area contributed by atoms with Crippen molar-refractivity contribution in [3.8, 4) is 0 Å². The molecule has 6 rings (SSSR count). The van der Waals surface area contributed by atoms with Gasteiger partial charge in [-0.2, -0.15) is 0 Å². The number of amides is 1. The number of methoxy groups -OCH3 is 1. The Morgan fingerprint density at radius 2 is 1.69 bits per heavy atom. The van der Waals surface area contributed by atoms with E-state index in [1.54, 1.807) is 12.0 Å². The van der Waals surface area contributed by atoms with Crippen molar-refractivity contribution in [1.29, 1.82) is 0 Å². The summed E-state index contributed by atoms with van der Waals surface area (Å²) in [5.41, 5.74) is -0.337. The maximum Gasteiger partial charge on any atom is 0.312 e. The smallest absolute Gasteiger partial charge is 0.312 e. The molecule has 0 aromatic carbocycles. The molecule has 4 saturated carbocycles. The summed E-state index contributed by atoms with van der Waals surface area (Å²) in [4.78, 5) is 41.4. The number of aliphatic hydroxyl groups is 2. The molecule has 1 aliphatic heterocycles. The van der Waals surface area contributed by atoms with E-state index in [9.17, 15) is 24.6 Å². The number of nitrogens with one attached hydrogen (secondary N) is 1. The molecule has 1 heterocycles. The van der Waals surface area contributed by atoms with Crippen LogP contribution in [0.3, 0.4) is 0 Å². The van der Waals surface area contributed by atoms with Gasteiger partial charge in [0.2, 0.25) is 5.91 Å². The molecule has 270 valence electrons. The SMILES string of the molecule is COC(=O)[C@]12CC[C@@H](C)[C@H](C)[C@H]1C1=CC[C@@H]3[C@@]4(C)C[C@@H](OC(=O)CCC(=O)N5CCNCC5)[C@H](O)[C@@](C)(CO)[C@@H]4CC[C@@]3(C)[C@]1(C)CC2. The molecule has 6 aliphatic rings. The van der Waals surface area contributed by atoms with Gasteiger partial charge in [-0.25, -0.2) is 0 Å². The molecule has 3 N–H and O–H groups in total. The van der Waals surface area contributed by atoms with Gasteiger partial charge in [-0.1, -0.05) is 53.2 Å². The van der Waals surface area contributed by atoms with Crippen molar-refractivity contribution in [2.24, 2.45) is 56.7 Å². The second-order valence-electron chi connectivity index (χ2n) is 17.8. The number of aliphatic hydroxyl groups excluding tert-OH is 2. The van der Waals surface area contributed by atoms with Crippen LogP contribution in [0.15, 0.2) is 11.6 Å². The van der Waals surface area contributed by atoms with Crippen LogP contribution in [0.4, 0.5) is 0 Å². The highest BCUT2D eigenvalue weighted by Crippen LogP contribution is 2.76. The molecule has 0 spiro atoms. The van der Waals surface area contributed by atoms with Crippen LogP contribution >= 0.6 is 0 Å². The normalized spacial score (nSPS) is 47.0. The van der Waals surface area contributed by atoms with E-state index in [0.717, 1.165) is 58.0 Å². The molecule has 9 nitrogen and oxygen atoms in total. The van der Waals surface area contributed by atoms with Crippen molar-refractivity contribution in [1.82, 2.24) is 10.2 Å². The quantitative estimate of drug-likeness (QED) is 0.270. The van der Waals surface area contributed by atoms with E-state index >= 15 is 0 Å². The highest BCUT2D eigenvalue weighted by atomic mass is 16.6. The van der Waals surface area contributed by atoms with Gasteiger partial charge in [0.05, 0.1) is 31.7 Å². The summed E-state index contributed by atoms with van der Waals surface area (Å²) in [6.07, 6.45) is 7.72. The lowest BCUT2D eigenvalue weighted by molar-refractivity contribution is -0.249. The van der Waals surface area contributed by atoms with Crippen LogP contribution in [0.1, 0.15) is 106 Å². The zero-order valence-corrected chi connectivity index (χ0v) is 30.6. The molecule has 9 heteroatoms. The first-order chi connectivity index (χ1) is 22.6. The summed E-state index contributed by atoms with van der Waals surface area (Å²) in [6, 6.07) is 0. The lowest BCUT2D eigenvalue weighted by Crippen LogP contribution is -2.68. The van der Waals surface area contributed by atoms with Gasteiger partial charge in [-0.15, -0.1) is 0 Å². The zero-order chi connectivity index (χ0) is 34.9. The fraction of sp³-hybridized carbons (Fsp3) is 0.872. The van der Waals surface area contributed by atoms with Crippen LogP contribution in [0, 0.1) is 56.7 Å². The van der Waals surface area contributed by atoms with Gasteiger partial charge in [0.25, 0.3) is 0 Å². The molecule has 0 aromatic rings. The molecular weight excluding hydrogens is 608 g/mol. The van der Waals surface area contributed by atoms with E-state index in [4.69, 9.17) is 9.47 Å². The standard InChI is InChI=1S/C39H62N2O7/c1-24-12-15-39(34(46)47-7)17-16-37(5)26(32(39)25(24)2)8-9-29-35(3)22-27(33(45)36(4,23-42)28(35)13-14-38(29,37)6)48-31(44)11-10-30(43)41-20-18-40-19-21-41/h8,24-25,27-29,32-33,40,42,45H,9-23H2,1-7H3/t24-,25+,27-,28-,29-,32+,33+,35+,36+,37-,38-,39+/m1/s1. The van der Waals surface area contributed by atoms with E-state index < -0.39 is 29.0 Å².